The zero-order chi connectivity index (χ0) is 15.2. The monoisotopic (exact) mass is 287 g/mol. The number of ether oxygens (including phenoxy) is 1. The molecule has 0 aliphatic carbocycles. The second-order valence-corrected chi connectivity index (χ2v) is 5.22. The molecule has 0 fully saturated rings. The number of benzene rings is 1. The van der Waals surface area contributed by atoms with Crippen molar-refractivity contribution in [3.8, 4) is 0 Å². The van der Waals surface area contributed by atoms with E-state index in [1.807, 2.05) is 0 Å². The molecule has 4 N–H and O–H groups in total. The third-order valence-corrected chi connectivity index (χ3v) is 3.55. The van der Waals surface area contributed by atoms with Gasteiger partial charge in [0.25, 0.3) is 0 Å². The molecule has 2 rings (SSSR count). The summed E-state index contributed by atoms with van der Waals surface area (Å²) >= 11 is 0. The van der Waals surface area contributed by atoms with Gasteiger partial charge in [-0.1, -0.05) is 12.1 Å². The Morgan fingerprint density at radius 1 is 1.25 bits per heavy atom. The number of nitrogen functional groups attached to an aromatic ring is 1. The van der Waals surface area contributed by atoms with Gasteiger partial charge in [-0.3, -0.25) is 4.99 Å². The lowest BCUT2D eigenvalue weighted by atomic mass is 9.90. The van der Waals surface area contributed by atoms with Crippen molar-refractivity contribution in [1.29, 1.82) is 0 Å². The summed E-state index contributed by atoms with van der Waals surface area (Å²) in [6, 6.07) is 6.77. The number of amidine groups is 1. The predicted octanol–water partition coefficient (Wildman–Crippen LogP) is 2.19. The average Bonchev–Trinajstić information content (AvgIpc) is 2.33. The predicted molar refractivity (Wildman–Crippen MR) is 70.2 cm³/mol. The van der Waals surface area contributed by atoms with Crippen LogP contribution in [0.1, 0.15) is 19.4 Å². The Bertz CT molecular complexity index is 558. The van der Waals surface area contributed by atoms with Crippen LogP contribution >= 0.6 is 0 Å². The van der Waals surface area contributed by atoms with E-state index in [1.165, 1.54) is 0 Å². The van der Waals surface area contributed by atoms with Crippen molar-refractivity contribution in [3.63, 3.8) is 0 Å². The van der Waals surface area contributed by atoms with Gasteiger partial charge in [0, 0.05) is 5.69 Å². The molecule has 0 amide bonds. The quantitative estimate of drug-likeness (QED) is 0.778. The van der Waals surface area contributed by atoms with Gasteiger partial charge in [-0.15, -0.1) is 0 Å². The molecule has 1 aliphatic heterocycles. The van der Waals surface area contributed by atoms with Gasteiger partial charge in [0.05, 0.1) is 6.61 Å². The van der Waals surface area contributed by atoms with Crippen molar-refractivity contribution in [1.82, 2.24) is 0 Å². The van der Waals surface area contributed by atoms with Crippen LogP contribution in [0, 0.1) is 0 Å². The maximum absolute atomic E-state index is 13.0. The van der Waals surface area contributed by atoms with E-state index in [9.17, 15) is 13.2 Å². The molecule has 7 heteroatoms. The fraction of sp³-hybridized carbons (Fsp3) is 0.462. The van der Waals surface area contributed by atoms with Crippen molar-refractivity contribution >= 4 is 11.5 Å². The normalized spacial score (nSPS) is 30.9. The number of halogens is 3. The summed E-state index contributed by atoms with van der Waals surface area (Å²) in [5.41, 5.74) is 8.83. The first kappa shape index (κ1) is 14.6. The van der Waals surface area contributed by atoms with Gasteiger partial charge in [0.15, 0.2) is 0 Å². The molecule has 0 spiro atoms. The van der Waals surface area contributed by atoms with Crippen LogP contribution in [-0.2, 0) is 10.3 Å². The Labute approximate surface area is 114 Å². The number of aliphatic imine (C=N–C) groups is 1. The molecule has 0 aromatic heterocycles. The molecule has 110 valence electrons. The second kappa shape index (κ2) is 4.37. The van der Waals surface area contributed by atoms with Gasteiger partial charge in [-0.05, 0) is 31.5 Å². The first-order valence-corrected chi connectivity index (χ1v) is 6.01. The molecule has 2 atom stereocenters. The molecule has 1 heterocycles. The Kier molecular flexibility index (Phi) is 3.20. The first-order chi connectivity index (χ1) is 9.08. The Balaban J connectivity index is 2.44. The minimum Gasteiger partial charge on any atom is -0.399 e. The highest BCUT2D eigenvalue weighted by molar-refractivity contribution is 5.90. The van der Waals surface area contributed by atoms with Crippen LogP contribution in [0.15, 0.2) is 29.3 Å². The Hall–Kier alpha value is -1.76. The smallest absolute Gasteiger partial charge is 0.399 e. The molecule has 1 aromatic carbocycles. The number of nitrogens with zero attached hydrogens (tertiary/aromatic N) is 1. The first-order valence-electron chi connectivity index (χ1n) is 6.01. The number of hydrogen-bond acceptors (Lipinski definition) is 4. The van der Waals surface area contributed by atoms with Gasteiger partial charge < -0.3 is 16.2 Å². The summed E-state index contributed by atoms with van der Waals surface area (Å²) in [4.78, 5) is 4.04. The highest BCUT2D eigenvalue weighted by Gasteiger charge is 2.58. The molecule has 0 bridgehead atoms. The van der Waals surface area contributed by atoms with E-state index >= 15 is 0 Å². The molecule has 0 unspecified atom stereocenters. The fourth-order valence-electron chi connectivity index (χ4n) is 2.01. The van der Waals surface area contributed by atoms with Gasteiger partial charge in [0.2, 0.25) is 5.60 Å². The van der Waals surface area contributed by atoms with E-state index in [0.717, 1.165) is 6.92 Å². The van der Waals surface area contributed by atoms with Crippen molar-refractivity contribution in [2.45, 2.75) is 31.2 Å². The third kappa shape index (κ3) is 2.22. The van der Waals surface area contributed by atoms with E-state index in [2.05, 4.69) is 4.99 Å². The summed E-state index contributed by atoms with van der Waals surface area (Å²) < 4.78 is 44.0. The molecular formula is C13H16F3N3O. The number of nitrogens with two attached hydrogens (primary N) is 2. The topological polar surface area (TPSA) is 73.6 Å². The largest absolute Gasteiger partial charge is 0.424 e. The lowest BCUT2D eigenvalue weighted by Crippen LogP contribution is -2.60. The van der Waals surface area contributed by atoms with E-state index in [-0.39, 0.29) is 6.61 Å². The summed E-state index contributed by atoms with van der Waals surface area (Å²) in [5, 5.41) is 0. The molecular weight excluding hydrogens is 271 g/mol. The number of hydrogen-bond donors (Lipinski definition) is 2. The standard InChI is InChI=1S/C13H16F3N3O/c1-11(8-4-3-5-9(17)6-8)7-20-12(2,10(18)19-11)13(14,15)16/h3-6H,7,17H2,1-2H3,(H2,18,19)/t11-,12+/m0/s1. The number of anilines is 1. The fourth-order valence-corrected chi connectivity index (χ4v) is 2.01. The van der Waals surface area contributed by atoms with E-state index in [1.54, 1.807) is 31.2 Å². The zero-order valence-corrected chi connectivity index (χ0v) is 11.2. The third-order valence-electron chi connectivity index (χ3n) is 3.55. The van der Waals surface area contributed by atoms with E-state index in [0.29, 0.717) is 11.3 Å². The number of rotatable bonds is 1. The molecule has 1 aromatic rings. The van der Waals surface area contributed by atoms with Crippen molar-refractivity contribution < 1.29 is 17.9 Å². The van der Waals surface area contributed by atoms with Gasteiger partial charge in [-0.2, -0.15) is 13.2 Å². The molecule has 0 saturated carbocycles. The van der Waals surface area contributed by atoms with Crippen molar-refractivity contribution in [2.24, 2.45) is 10.7 Å². The molecule has 4 nitrogen and oxygen atoms in total. The molecule has 20 heavy (non-hydrogen) atoms. The SMILES string of the molecule is C[C@@]1(c2cccc(N)c2)CO[C@@](C)(C(F)(F)F)C(N)=N1. The molecule has 1 aliphatic rings. The van der Waals surface area contributed by atoms with Crippen LogP contribution < -0.4 is 11.5 Å². The van der Waals surface area contributed by atoms with Crippen LogP contribution in [0.3, 0.4) is 0 Å². The average molecular weight is 287 g/mol. The molecule has 0 saturated heterocycles. The minimum atomic E-state index is -4.61. The zero-order valence-electron chi connectivity index (χ0n) is 11.2. The highest BCUT2D eigenvalue weighted by atomic mass is 19.4. The Morgan fingerprint density at radius 2 is 1.90 bits per heavy atom. The number of alkyl halides is 3. The summed E-state index contributed by atoms with van der Waals surface area (Å²) in [7, 11) is 0. The van der Waals surface area contributed by atoms with E-state index < -0.39 is 23.2 Å². The van der Waals surface area contributed by atoms with Crippen LogP contribution in [0.25, 0.3) is 0 Å². The Morgan fingerprint density at radius 3 is 2.40 bits per heavy atom. The van der Waals surface area contributed by atoms with Crippen LogP contribution in [0.4, 0.5) is 18.9 Å². The maximum atomic E-state index is 13.0. The maximum Gasteiger partial charge on any atom is 0.424 e. The van der Waals surface area contributed by atoms with Crippen LogP contribution in [0.2, 0.25) is 0 Å². The van der Waals surface area contributed by atoms with Crippen molar-refractivity contribution in [2.75, 3.05) is 12.3 Å². The second-order valence-electron chi connectivity index (χ2n) is 5.22. The summed E-state index contributed by atoms with van der Waals surface area (Å²) in [6.07, 6.45) is -4.61. The summed E-state index contributed by atoms with van der Waals surface area (Å²) in [6.45, 7) is 2.31. The van der Waals surface area contributed by atoms with Crippen molar-refractivity contribution in [3.05, 3.63) is 29.8 Å². The minimum absolute atomic E-state index is 0.229. The van der Waals surface area contributed by atoms with Crippen LogP contribution in [0.5, 0.6) is 0 Å². The lowest BCUT2D eigenvalue weighted by Gasteiger charge is -2.40. The molecule has 0 radical (unpaired) electrons. The summed E-state index contributed by atoms with van der Waals surface area (Å²) in [5.74, 6) is -0.582. The van der Waals surface area contributed by atoms with Crippen LogP contribution in [-0.4, -0.2) is 24.2 Å². The van der Waals surface area contributed by atoms with Gasteiger partial charge in [-0.25, -0.2) is 0 Å². The highest BCUT2D eigenvalue weighted by Crippen LogP contribution is 2.40. The lowest BCUT2D eigenvalue weighted by molar-refractivity contribution is -0.249. The van der Waals surface area contributed by atoms with Gasteiger partial charge >= 0.3 is 6.18 Å². The van der Waals surface area contributed by atoms with E-state index in [4.69, 9.17) is 16.2 Å². The van der Waals surface area contributed by atoms with Gasteiger partial charge in [0.1, 0.15) is 11.4 Å².